The van der Waals surface area contributed by atoms with E-state index >= 15 is 0 Å². The largest absolute Gasteiger partial charge is 0.493 e. The van der Waals surface area contributed by atoms with Crippen LogP contribution in [0.3, 0.4) is 0 Å². The molecular formula is C31H28N6O6. The van der Waals surface area contributed by atoms with Gasteiger partial charge in [0.1, 0.15) is 18.1 Å². The zero-order valence-corrected chi connectivity index (χ0v) is 23.5. The first-order valence-electron chi connectivity index (χ1n) is 13.4. The quantitative estimate of drug-likeness (QED) is 0.261. The Morgan fingerprint density at radius 1 is 0.977 bits per heavy atom. The van der Waals surface area contributed by atoms with Gasteiger partial charge in [0.25, 0.3) is 5.91 Å². The zero-order valence-electron chi connectivity index (χ0n) is 23.5. The SMILES string of the molecule is COc1ccc([C@H](C(=O)Nc2ccc3c(c2)OCO3)N(Cc2cccnc2)C(=O)Cn2nnc3ccccc32)cc1OC. The molecule has 3 aromatic carbocycles. The molecule has 0 spiro atoms. The molecule has 0 unspecified atom stereocenters. The molecule has 1 aliphatic heterocycles. The van der Waals surface area contributed by atoms with Crippen molar-refractivity contribution in [1.82, 2.24) is 24.9 Å². The molecule has 0 bridgehead atoms. The van der Waals surface area contributed by atoms with Crippen molar-refractivity contribution in [3.8, 4) is 23.0 Å². The second-order valence-electron chi connectivity index (χ2n) is 9.69. The number of para-hydroxylation sites is 1. The summed E-state index contributed by atoms with van der Waals surface area (Å²) in [6.45, 7) is 0.0418. The van der Waals surface area contributed by atoms with Crippen LogP contribution in [0.15, 0.2) is 85.2 Å². The monoisotopic (exact) mass is 580 g/mol. The summed E-state index contributed by atoms with van der Waals surface area (Å²) in [6, 6.07) is 20.1. The Balaban J connectivity index is 1.41. The molecule has 218 valence electrons. The normalized spacial score (nSPS) is 12.5. The van der Waals surface area contributed by atoms with E-state index in [1.54, 1.807) is 54.9 Å². The number of benzene rings is 3. The molecule has 0 aliphatic carbocycles. The Kier molecular flexibility index (Phi) is 7.72. The molecular weight excluding hydrogens is 552 g/mol. The number of hydrogen-bond acceptors (Lipinski definition) is 9. The molecule has 2 aromatic heterocycles. The van der Waals surface area contributed by atoms with Gasteiger partial charge in [-0.05, 0) is 53.6 Å². The van der Waals surface area contributed by atoms with Gasteiger partial charge < -0.3 is 29.2 Å². The lowest BCUT2D eigenvalue weighted by Gasteiger charge is -2.32. The number of rotatable bonds is 10. The van der Waals surface area contributed by atoms with Crippen molar-refractivity contribution in [1.29, 1.82) is 0 Å². The molecule has 3 heterocycles. The minimum Gasteiger partial charge on any atom is -0.493 e. The van der Waals surface area contributed by atoms with Gasteiger partial charge in [-0.2, -0.15) is 0 Å². The Bertz CT molecular complexity index is 1780. The molecule has 1 aliphatic rings. The molecule has 1 atom stereocenters. The minimum atomic E-state index is -1.09. The lowest BCUT2D eigenvalue weighted by Crippen LogP contribution is -2.42. The number of nitrogens with zero attached hydrogens (tertiary/aromatic N) is 5. The van der Waals surface area contributed by atoms with E-state index in [9.17, 15) is 9.59 Å². The summed E-state index contributed by atoms with van der Waals surface area (Å²) in [5, 5.41) is 11.3. The Morgan fingerprint density at radius 3 is 2.63 bits per heavy atom. The Morgan fingerprint density at radius 2 is 1.81 bits per heavy atom. The van der Waals surface area contributed by atoms with Crippen molar-refractivity contribution in [3.05, 3.63) is 96.3 Å². The van der Waals surface area contributed by atoms with E-state index in [2.05, 4.69) is 20.6 Å². The van der Waals surface area contributed by atoms with Crippen molar-refractivity contribution in [2.75, 3.05) is 26.3 Å². The highest BCUT2D eigenvalue weighted by Crippen LogP contribution is 2.36. The highest BCUT2D eigenvalue weighted by molar-refractivity contribution is 5.98. The van der Waals surface area contributed by atoms with Gasteiger partial charge in [0, 0.05) is 30.7 Å². The van der Waals surface area contributed by atoms with Gasteiger partial charge in [-0.15, -0.1) is 5.10 Å². The molecule has 1 N–H and O–H groups in total. The fraction of sp³-hybridized carbons (Fsp3) is 0.194. The number of hydrogen-bond donors (Lipinski definition) is 1. The number of methoxy groups -OCH3 is 2. The lowest BCUT2D eigenvalue weighted by molar-refractivity contribution is -0.140. The van der Waals surface area contributed by atoms with Gasteiger partial charge in [0.05, 0.1) is 19.7 Å². The first kappa shape index (κ1) is 27.5. The molecule has 0 saturated heterocycles. The fourth-order valence-corrected chi connectivity index (χ4v) is 4.95. The van der Waals surface area contributed by atoms with E-state index in [4.69, 9.17) is 18.9 Å². The highest BCUT2D eigenvalue weighted by Gasteiger charge is 2.33. The standard InChI is InChI=1S/C31H28N6O6/c1-40-25-11-9-21(14-27(25)41-2)30(31(39)33-22-10-12-26-28(15-22)43-19-42-26)36(17-20-6-5-13-32-16-20)29(38)18-37-24-8-4-3-7-23(24)34-35-37/h3-16,30H,17-19H2,1-2H3,(H,33,39)/t30-/m1/s1. The third-order valence-corrected chi connectivity index (χ3v) is 7.02. The summed E-state index contributed by atoms with van der Waals surface area (Å²) >= 11 is 0. The average Bonchev–Trinajstić information content (AvgIpc) is 3.68. The molecule has 12 nitrogen and oxygen atoms in total. The van der Waals surface area contributed by atoms with Crippen LogP contribution in [0.2, 0.25) is 0 Å². The maximum Gasteiger partial charge on any atom is 0.251 e. The van der Waals surface area contributed by atoms with E-state index in [1.807, 2.05) is 30.3 Å². The molecule has 12 heteroatoms. The van der Waals surface area contributed by atoms with Crippen LogP contribution in [0.5, 0.6) is 23.0 Å². The van der Waals surface area contributed by atoms with Crippen molar-refractivity contribution < 1.29 is 28.5 Å². The number of carbonyl (C=O) groups excluding carboxylic acids is 2. The summed E-state index contributed by atoms with van der Waals surface area (Å²) < 4.78 is 23.4. The maximum atomic E-state index is 14.2. The van der Waals surface area contributed by atoms with Gasteiger partial charge in [0.15, 0.2) is 23.0 Å². The third-order valence-electron chi connectivity index (χ3n) is 7.02. The van der Waals surface area contributed by atoms with Crippen LogP contribution in [-0.2, 0) is 22.7 Å². The summed E-state index contributed by atoms with van der Waals surface area (Å²) in [5.41, 5.74) is 3.09. The van der Waals surface area contributed by atoms with E-state index in [1.165, 1.54) is 23.8 Å². The second kappa shape index (κ2) is 12.1. The number of ether oxygens (including phenoxy) is 4. The second-order valence-corrected chi connectivity index (χ2v) is 9.69. The van der Waals surface area contributed by atoms with Crippen LogP contribution in [0.25, 0.3) is 11.0 Å². The molecule has 0 radical (unpaired) electrons. The molecule has 43 heavy (non-hydrogen) atoms. The van der Waals surface area contributed by atoms with Crippen molar-refractivity contribution in [2.45, 2.75) is 19.1 Å². The van der Waals surface area contributed by atoms with E-state index in [0.29, 0.717) is 45.3 Å². The van der Waals surface area contributed by atoms with E-state index in [-0.39, 0.29) is 25.8 Å². The number of aromatic nitrogens is 4. The molecule has 2 amide bonds. The van der Waals surface area contributed by atoms with Gasteiger partial charge >= 0.3 is 0 Å². The van der Waals surface area contributed by atoms with Crippen LogP contribution in [0, 0.1) is 0 Å². The van der Waals surface area contributed by atoms with Crippen LogP contribution in [-0.4, -0.2) is 57.7 Å². The van der Waals surface area contributed by atoms with Crippen LogP contribution < -0.4 is 24.3 Å². The lowest BCUT2D eigenvalue weighted by atomic mass is 10.0. The first-order valence-corrected chi connectivity index (χ1v) is 13.4. The van der Waals surface area contributed by atoms with Crippen molar-refractivity contribution in [2.24, 2.45) is 0 Å². The predicted molar refractivity (Wildman–Crippen MR) is 156 cm³/mol. The number of anilines is 1. The third kappa shape index (κ3) is 5.75. The summed E-state index contributed by atoms with van der Waals surface area (Å²) in [6.07, 6.45) is 3.31. The minimum absolute atomic E-state index is 0.0902. The average molecular weight is 581 g/mol. The summed E-state index contributed by atoms with van der Waals surface area (Å²) in [4.78, 5) is 34.1. The van der Waals surface area contributed by atoms with Crippen LogP contribution >= 0.6 is 0 Å². The summed E-state index contributed by atoms with van der Waals surface area (Å²) in [5.74, 6) is 1.19. The maximum absolute atomic E-state index is 14.2. The number of fused-ring (bicyclic) bond motifs is 2. The highest BCUT2D eigenvalue weighted by atomic mass is 16.7. The topological polar surface area (TPSA) is 130 Å². The van der Waals surface area contributed by atoms with E-state index in [0.717, 1.165) is 5.56 Å². The Hall–Kier alpha value is -5.65. The summed E-state index contributed by atoms with van der Waals surface area (Å²) in [7, 11) is 3.04. The molecule has 0 fully saturated rings. The number of carbonyl (C=O) groups is 2. The van der Waals surface area contributed by atoms with Crippen molar-refractivity contribution >= 4 is 28.5 Å². The Labute approximate surface area is 246 Å². The van der Waals surface area contributed by atoms with Crippen LogP contribution in [0.4, 0.5) is 5.69 Å². The fourth-order valence-electron chi connectivity index (χ4n) is 4.95. The zero-order chi connectivity index (χ0) is 29.8. The molecule has 0 saturated carbocycles. The van der Waals surface area contributed by atoms with Crippen LogP contribution in [0.1, 0.15) is 17.2 Å². The van der Waals surface area contributed by atoms with Gasteiger partial charge in [-0.25, -0.2) is 4.68 Å². The molecule has 5 aromatic rings. The predicted octanol–water partition coefficient (Wildman–Crippen LogP) is 3.98. The molecule has 6 rings (SSSR count). The van der Waals surface area contributed by atoms with Gasteiger partial charge in [-0.3, -0.25) is 14.6 Å². The van der Waals surface area contributed by atoms with Gasteiger partial charge in [-0.1, -0.05) is 29.5 Å². The number of pyridine rings is 1. The van der Waals surface area contributed by atoms with Crippen molar-refractivity contribution in [3.63, 3.8) is 0 Å². The van der Waals surface area contributed by atoms with E-state index < -0.39 is 11.9 Å². The number of nitrogens with one attached hydrogen (secondary N) is 1. The van der Waals surface area contributed by atoms with Gasteiger partial charge in [0.2, 0.25) is 12.7 Å². The first-order chi connectivity index (χ1) is 21.0. The number of amides is 2. The smallest absolute Gasteiger partial charge is 0.251 e.